The van der Waals surface area contributed by atoms with E-state index in [1.165, 1.54) is 18.0 Å². The van der Waals surface area contributed by atoms with Crippen LogP contribution in [0.15, 0.2) is 6.20 Å². The summed E-state index contributed by atoms with van der Waals surface area (Å²) in [6.07, 6.45) is -3.77. The number of aliphatic hydroxyl groups is 1. The van der Waals surface area contributed by atoms with E-state index in [9.17, 15) is 22.7 Å². The van der Waals surface area contributed by atoms with Crippen LogP contribution < -0.4 is 4.74 Å². The van der Waals surface area contributed by atoms with Crippen LogP contribution >= 0.6 is 0 Å². The zero-order chi connectivity index (χ0) is 16.2. The van der Waals surface area contributed by atoms with Crippen LogP contribution in [0.2, 0.25) is 0 Å². The number of rotatable bonds is 8. The molecule has 122 valence electrons. The van der Waals surface area contributed by atoms with Gasteiger partial charge < -0.3 is 14.6 Å². The Bertz CT molecular complexity index is 452. The second-order valence-corrected chi connectivity index (χ2v) is 4.73. The third kappa shape index (κ3) is 4.31. The lowest BCUT2D eigenvalue weighted by molar-refractivity contribution is -0.171. The molecule has 1 aromatic rings. The van der Waals surface area contributed by atoms with Crippen LogP contribution in [0.25, 0.3) is 0 Å². The number of nitrogens with zero attached hydrogens (tertiary/aromatic N) is 2. The zero-order valence-electron chi connectivity index (χ0n) is 11.9. The quantitative estimate of drug-likeness (QED) is 0.749. The van der Waals surface area contributed by atoms with Crippen molar-refractivity contribution in [1.82, 2.24) is 9.78 Å². The van der Waals surface area contributed by atoms with Crippen molar-refractivity contribution in [2.24, 2.45) is 0 Å². The molecule has 9 heteroatoms. The fourth-order valence-corrected chi connectivity index (χ4v) is 1.69. The van der Waals surface area contributed by atoms with E-state index in [-0.39, 0.29) is 17.5 Å². The maximum Gasteiger partial charge on any atom is 0.330 e. The van der Waals surface area contributed by atoms with Gasteiger partial charge in [0.15, 0.2) is 5.75 Å². The third-order valence-corrected chi connectivity index (χ3v) is 2.71. The van der Waals surface area contributed by atoms with Gasteiger partial charge in [-0.15, -0.1) is 0 Å². The standard InChI is InChI=1S/C12H18F4N2O3/c1-7(2)18-10(9(20-3)4-17-18)8(19)5-21-6-12(15,16)11(13)14/h4,7-8,11,19H,5-6H2,1-3H3. The molecule has 1 unspecified atom stereocenters. The minimum Gasteiger partial charge on any atom is -0.493 e. The smallest absolute Gasteiger partial charge is 0.330 e. The van der Waals surface area contributed by atoms with Crippen molar-refractivity contribution >= 4 is 0 Å². The highest BCUT2D eigenvalue weighted by molar-refractivity contribution is 5.27. The van der Waals surface area contributed by atoms with Crippen LogP contribution in [0.4, 0.5) is 17.6 Å². The molecule has 1 aromatic heterocycles. The van der Waals surface area contributed by atoms with Crippen LogP contribution in [0.5, 0.6) is 5.75 Å². The molecule has 0 radical (unpaired) electrons. The highest BCUT2D eigenvalue weighted by Crippen LogP contribution is 2.28. The zero-order valence-corrected chi connectivity index (χ0v) is 11.9. The molecule has 1 atom stereocenters. The monoisotopic (exact) mass is 314 g/mol. The first-order valence-corrected chi connectivity index (χ1v) is 6.23. The van der Waals surface area contributed by atoms with Gasteiger partial charge in [0.05, 0.1) is 19.9 Å². The molecule has 0 saturated heterocycles. The van der Waals surface area contributed by atoms with E-state index in [0.29, 0.717) is 0 Å². The SMILES string of the molecule is COc1cnn(C(C)C)c1C(O)COCC(F)(F)C(F)F. The molecule has 0 bridgehead atoms. The van der Waals surface area contributed by atoms with Gasteiger partial charge in [0.1, 0.15) is 18.4 Å². The first-order valence-electron chi connectivity index (χ1n) is 6.23. The normalized spacial score (nSPS) is 14.0. The Kier molecular flexibility index (Phi) is 5.97. The molecule has 0 aromatic carbocycles. The number of aliphatic hydroxyl groups excluding tert-OH is 1. The highest BCUT2D eigenvalue weighted by atomic mass is 19.3. The van der Waals surface area contributed by atoms with Crippen LogP contribution in [0.3, 0.4) is 0 Å². The first kappa shape index (κ1) is 17.7. The molecule has 0 saturated carbocycles. The second-order valence-electron chi connectivity index (χ2n) is 4.73. The van der Waals surface area contributed by atoms with Gasteiger partial charge in [-0.25, -0.2) is 8.78 Å². The molecule has 0 spiro atoms. The van der Waals surface area contributed by atoms with E-state index >= 15 is 0 Å². The summed E-state index contributed by atoms with van der Waals surface area (Å²) in [5, 5.41) is 14.0. The number of alkyl halides is 4. The van der Waals surface area contributed by atoms with Crippen LogP contribution in [-0.2, 0) is 4.74 Å². The van der Waals surface area contributed by atoms with Crippen molar-refractivity contribution in [1.29, 1.82) is 0 Å². The average Bonchev–Trinajstić information content (AvgIpc) is 2.81. The summed E-state index contributed by atoms with van der Waals surface area (Å²) in [5.74, 6) is -3.98. The molecular formula is C12H18F4N2O3. The molecule has 21 heavy (non-hydrogen) atoms. The molecule has 0 amide bonds. The molecule has 0 aliphatic heterocycles. The molecule has 0 fully saturated rings. The van der Waals surface area contributed by atoms with Crippen LogP contribution in [-0.4, -0.2) is 47.6 Å². The minimum absolute atomic E-state index is 0.110. The average molecular weight is 314 g/mol. The molecule has 1 heterocycles. The number of ether oxygens (including phenoxy) is 2. The summed E-state index contributed by atoms with van der Waals surface area (Å²) in [7, 11) is 1.36. The minimum atomic E-state index is -4.25. The van der Waals surface area contributed by atoms with Crippen LogP contribution in [0, 0.1) is 0 Å². The van der Waals surface area contributed by atoms with Gasteiger partial charge in [-0.3, -0.25) is 4.68 Å². The fourth-order valence-electron chi connectivity index (χ4n) is 1.69. The predicted octanol–water partition coefficient (Wildman–Crippen LogP) is 2.42. The summed E-state index contributed by atoms with van der Waals surface area (Å²) in [5.41, 5.74) is 0.243. The Morgan fingerprint density at radius 3 is 2.48 bits per heavy atom. The summed E-state index contributed by atoms with van der Waals surface area (Å²) >= 11 is 0. The van der Waals surface area contributed by atoms with Crippen molar-refractivity contribution in [3.63, 3.8) is 0 Å². The maximum atomic E-state index is 12.7. The molecule has 5 nitrogen and oxygen atoms in total. The summed E-state index contributed by atoms with van der Waals surface area (Å²) < 4.78 is 60.3. The summed E-state index contributed by atoms with van der Waals surface area (Å²) in [4.78, 5) is 0. The van der Waals surface area contributed by atoms with Gasteiger partial charge in [-0.05, 0) is 13.8 Å². The first-order chi connectivity index (χ1) is 9.70. The van der Waals surface area contributed by atoms with Gasteiger partial charge in [-0.2, -0.15) is 13.9 Å². The molecular weight excluding hydrogens is 296 g/mol. The number of halogens is 4. The van der Waals surface area contributed by atoms with Crippen molar-refractivity contribution in [2.75, 3.05) is 20.3 Å². The Morgan fingerprint density at radius 1 is 1.38 bits per heavy atom. The number of hydrogen-bond donors (Lipinski definition) is 1. The van der Waals surface area contributed by atoms with E-state index in [1.807, 2.05) is 0 Å². The van der Waals surface area contributed by atoms with E-state index in [2.05, 4.69) is 9.84 Å². The Hall–Kier alpha value is -1.35. The Labute approximate surface area is 119 Å². The van der Waals surface area contributed by atoms with Gasteiger partial charge in [0.2, 0.25) is 0 Å². The molecule has 1 rings (SSSR count). The van der Waals surface area contributed by atoms with Gasteiger partial charge in [0.25, 0.3) is 0 Å². The second kappa shape index (κ2) is 7.08. The van der Waals surface area contributed by atoms with Crippen molar-refractivity contribution < 1.29 is 32.1 Å². The predicted molar refractivity (Wildman–Crippen MR) is 65.9 cm³/mol. The largest absolute Gasteiger partial charge is 0.493 e. The topological polar surface area (TPSA) is 56.5 Å². The highest BCUT2D eigenvalue weighted by Gasteiger charge is 2.41. The van der Waals surface area contributed by atoms with Crippen molar-refractivity contribution in [2.45, 2.75) is 38.3 Å². The summed E-state index contributed by atoms with van der Waals surface area (Å²) in [6, 6.07) is -0.110. The number of methoxy groups -OCH3 is 1. The summed E-state index contributed by atoms with van der Waals surface area (Å²) in [6.45, 7) is 1.56. The van der Waals surface area contributed by atoms with Gasteiger partial charge in [-0.1, -0.05) is 0 Å². The van der Waals surface area contributed by atoms with E-state index in [1.54, 1.807) is 13.8 Å². The molecule has 0 aliphatic carbocycles. The number of hydrogen-bond acceptors (Lipinski definition) is 4. The number of aromatic nitrogens is 2. The molecule has 1 N–H and O–H groups in total. The maximum absolute atomic E-state index is 12.7. The lowest BCUT2D eigenvalue weighted by Gasteiger charge is -2.19. The third-order valence-electron chi connectivity index (χ3n) is 2.71. The Morgan fingerprint density at radius 2 is 2.00 bits per heavy atom. The van der Waals surface area contributed by atoms with Gasteiger partial charge >= 0.3 is 12.3 Å². The van der Waals surface area contributed by atoms with Crippen molar-refractivity contribution in [3.05, 3.63) is 11.9 Å². The Balaban J connectivity index is 2.72. The van der Waals surface area contributed by atoms with E-state index < -0.39 is 31.7 Å². The van der Waals surface area contributed by atoms with E-state index in [0.717, 1.165) is 0 Å². The van der Waals surface area contributed by atoms with Crippen molar-refractivity contribution in [3.8, 4) is 5.75 Å². The van der Waals surface area contributed by atoms with Crippen LogP contribution in [0.1, 0.15) is 31.7 Å². The molecule has 0 aliphatic rings. The van der Waals surface area contributed by atoms with Gasteiger partial charge in [0, 0.05) is 6.04 Å². The lowest BCUT2D eigenvalue weighted by atomic mass is 10.2. The van der Waals surface area contributed by atoms with E-state index in [4.69, 9.17) is 4.74 Å². The fraction of sp³-hybridized carbons (Fsp3) is 0.750. The lowest BCUT2D eigenvalue weighted by Crippen LogP contribution is -2.33.